The number of benzene rings is 1. The van der Waals surface area contributed by atoms with Crippen LogP contribution in [-0.2, 0) is 0 Å². The van der Waals surface area contributed by atoms with E-state index in [9.17, 15) is 4.79 Å². The Morgan fingerprint density at radius 2 is 2.12 bits per heavy atom. The summed E-state index contributed by atoms with van der Waals surface area (Å²) in [4.78, 5) is 21.8. The van der Waals surface area contributed by atoms with E-state index < -0.39 is 0 Å². The SMILES string of the molecule is CC1CN(N)/C(=N\N)c2cccc(NC(=O)c3cc(-n4cnc(C5CC5)c4)ccn3)c2O1. The Kier molecular flexibility index (Phi) is 4.98. The summed E-state index contributed by atoms with van der Waals surface area (Å²) < 4.78 is 7.95. The van der Waals surface area contributed by atoms with Crippen LogP contribution in [-0.4, -0.2) is 43.9 Å². The van der Waals surface area contributed by atoms with Crippen LogP contribution in [0.3, 0.4) is 0 Å². The van der Waals surface area contributed by atoms with Gasteiger partial charge in [-0.1, -0.05) is 6.07 Å². The lowest BCUT2D eigenvalue weighted by Gasteiger charge is -2.18. The number of hydrazone groups is 1. The van der Waals surface area contributed by atoms with E-state index in [4.69, 9.17) is 16.4 Å². The number of hydrogen-bond donors (Lipinski definition) is 3. The van der Waals surface area contributed by atoms with Gasteiger partial charge in [0.2, 0.25) is 0 Å². The van der Waals surface area contributed by atoms with Crippen molar-refractivity contribution in [3.63, 3.8) is 0 Å². The van der Waals surface area contributed by atoms with Crippen molar-refractivity contribution in [2.45, 2.75) is 31.8 Å². The monoisotopic (exact) mass is 432 g/mol. The third-order valence-corrected chi connectivity index (χ3v) is 5.54. The molecule has 10 nitrogen and oxygen atoms in total. The highest BCUT2D eigenvalue weighted by Crippen LogP contribution is 2.39. The van der Waals surface area contributed by atoms with E-state index in [-0.39, 0.29) is 17.7 Å². The molecular formula is C22H24N8O2. The van der Waals surface area contributed by atoms with E-state index in [0.717, 1.165) is 11.4 Å². The van der Waals surface area contributed by atoms with Crippen LogP contribution in [0.4, 0.5) is 5.69 Å². The van der Waals surface area contributed by atoms with Gasteiger partial charge in [-0.2, -0.15) is 5.10 Å². The van der Waals surface area contributed by atoms with Crippen LogP contribution in [0, 0.1) is 0 Å². The lowest BCUT2D eigenvalue weighted by molar-refractivity contribution is 0.102. The summed E-state index contributed by atoms with van der Waals surface area (Å²) in [7, 11) is 0. The average molecular weight is 432 g/mol. The number of carbonyl (C=O) groups excluding carboxylic acids is 1. The quantitative estimate of drug-likeness (QED) is 0.423. The lowest BCUT2D eigenvalue weighted by atomic mass is 10.1. The molecule has 2 aliphatic rings. The molecule has 0 saturated heterocycles. The van der Waals surface area contributed by atoms with Crippen molar-refractivity contribution in [1.82, 2.24) is 19.5 Å². The Morgan fingerprint density at radius 1 is 1.28 bits per heavy atom. The molecule has 5 rings (SSSR count). The van der Waals surface area contributed by atoms with E-state index in [0.29, 0.717) is 35.3 Å². The Hall–Kier alpha value is -3.92. The first-order valence-corrected chi connectivity index (χ1v) is 10.5. The fraction of sp³-hybridized carbons (Fsp3) is 0.273. The van der Waals surface area contributed by atoms with Crippen LogP contribution in [0.15, 0.2) is 54.2 Å². The normalized spacial score (nSPS) is 19.2. The van der Waals surface area contributed by atoms with Gasteiger partial charge in [0.05, 0.1) is 35.5 Å². The molecule has 10 heteroatoms. The number of fused-ring (bicyclic) bond motifs is 1. The molecule has 1 unspecified atom stereocenters. The molecule has 0 spiro atoms. The number of pyridine rings is 1. The van der Waals surface area contributed by atoms with Crippen LogP contribution in [0.5, 0.6) is 5.75 Å². The first-order chi connectivity index (χ1) is 15.5. The van der Waals surface area contributed by atoms with Crippen molar-refractivity contribution in [3.8, 4) is 11.4 Å². The van der Waals surface area contributed by atoms with Crippen molar-refractivity contribution >= 4 is 17.4 Å². The van der Waals surface area contributed by atoms with E-state index in [1.165, 1.54) is 17.9 Å². The van der Waals surface area contributed by atoms with Gasteiger partial charge in [0.15, 0.2) is 11.6 Å². The number of nitrogens with two attached hydrogens (primary N) is 2. The minimum atomic E-state index is -0.362. The molecule has 0 bridgehead atoms. The van der Waals surface area contributed by atoms with Crippen LogP contribution >= 0.6 is 0 Å². The Bertz CT molecular complexity index is 1200. The van der Waals surface area contributed by atoms with Crippen LogP contribution in [0.1, 0.15) is 47.4 Å². The van der Waals surface area contributed by atoms with Crippen molar-refractivity contribution < 1.29 is 9.53 Å². The molecule has 0 radical (unpaired) electrons. The molecule has 1 fully saturated rings. The summed E-state index contributed by atoms with van der Waals surface area (Å²) in [5.74, 6) is 12.7. The summed E-state index contributed by atoms with van der Waals surface area (Å²) in [6.07, 6.45) is 7.51. The minimum absolute atomic E-state index is 0.237. The number of imidazole rings is 1. The fourth-order valence-electron chi connectivity index (χ4n) is 3.80. The van der Waals surface area contributed by atoms with Gasteiger partial charge < -0.3 is 20.5 Å². The lowest BCUT2D eigenvalue weighted by Crippen LogP contribution is -2.42. The highest BCUT2D eigenvalue weighted by Gasteiger charge is 2.27. The van der Waals surface area contributed by atoms with Gasteiger partial charge in [-0.3, -0.25) is 14.8 Å². The molecule has 32 heavy (non-hydrogen) atoms. The summed E-state index contributed by atoms with van der Waals surface area (Å²) >= 11 is 0. The maximum absolute atomic E-state index is 13.0. The van der Waals surface area contributed by atoms with Crippen LogP contribution in [0.25, 0.3) is 5.69 Å². The topological polar surface area (TPSA) is 137 Å². The third kappa shape index (κ3) is 3.76. The first-order valence-electron chi connectivity index (χ1n) is 10.5. The molecule has 2 aromatic heterocycles. The molecule has 1 aliphatic carbocycles. The zero-order chi connectivity index (χ0) is 22.2. The maximum atomic E-state index is 13.0. The van der Waals surface area contributed by atoms with Crippen molar-refractivity contribution in [1.29, 1.82) is 0 Å². The molecule has 5 N–H and O–H groups in total. The smallest absolute Gasteiger partial charge is 0.274 e. The van der Waals surface area contributed by atoms with E-state index in [1.54, 1.807) is 36.8 Å². The summed E-state index contributed by atoms with van der Waals surface area (Å²) in [5, 5.41) is 8.15. The average Bonchev–Trinajstić information content (AvgIpc) is 3.54. The van der Waals surface area contributed by atoms with Gasteiger partial charge in [0.1, 0.15) is 11.8 Å². The minimum Gasteiger partial charge on any atom is -0.486 e. The van der Waals surface area contributed by atoms with E-state index >= 15 is 0 Å². The highest BCUT2D eigenvalue weighted by molar-refractivity contribution is 6.07. The van der Waals surface area contributed by atoms with Gasteiger partial charge in [-0.25, -0.2) is 10.8 Å². The number of rotatable bonds is 4. The molecule has 164 valence electrons. The number of carbonyl (C=O) groups is 1. The van der Waals surface area contributed by atoms with Crippen molar-refractivity contribution in [2.75, 3.05) is 11.9 Å². The molecule has 1 atom stereocenters. The van der Waals surface area contributed by atoms with Crippen LogP contribution < -0.4 is 21.7 Å². The molecular weight excluding hydrogens is 408 g/mol. The second-order valence-corrected chi connectivity index (χ2v) is 8.05. The molecule has 1 aliphatic heterocycles. The second-order valence-electron chi connectivity index (χ2n) is 8.05. The molecule has 3 heterocycles. The van der Waals surface area contributed by atoms with Gasteiger partial charge in [0.25, 0.3) is 5.91 Å². The molecule has 3 aromatic rings. The number of amidine groups is 1. The zero-order valence-corrected chi connectivity index (χ0v) is 17.6. The summed E-state index contributed by atoms with van der Waals surface area (Å²) in [6.45, 7) is 2.28. The number of aromatic nitrogens is 3. The largest absolute Gasteiger partial charge is 0.486 e. The predicted octanol–water partition coefficient (Wildman–Crippen LogP) is 1.97. The number of hydrazine groups is 1. The number of anilines is 1. The zero-order valence-electron chi connectivity index (χ0n) is 17.6. The fourth-order valence-corrected chi connectivity index (χ4v) is 3.80. The predicted molar refractivity (Wildman–Crippen MR) is 119 cm³/mol. The molecule has 1 amide bonds. The number of ether oxygens (including phenoxy) is 1. The standard InChI is InChI=1S/C22H24N8O2/c1-13-10-30(24)21(28-23)16-3-2-4-17(20(16)32-13)27-22(31)18-9-15(7-8-25-18)29-11-19(26-12-29)14-5-6-14/h2-4,7-9,11-14H,5-6,10,23-24H2,1H3,(H,27,31)/b28-21-. The summed E-state index contributed by atoms with van der Waals surface area (Å²) in [6, 6.07) is 8.90. The van der Waals surface area contributed by atoms with Gasteiger partial charge in [-0.15, -0.1) is 0 Å². The van der Waals surface area contributed by atoms with Crippen molar-refractivity contribution in [2.24, 2.45) is 16.8 Å². The van der Waals surface area contributed by atoms with Crippen molar-refractivity contribution in [3.05, 3.63) is 66.0 Å². The molecule has 1 saturated carbocycles. The van der Waals surface area contributed by atoms with E-state index in [1.807, 2.05) is 23.8 Å². The number of amides is 1. The van der Waals surface area contributed by atoms with Crippen LogP contribution in [0.2, 0.25) is 0 Å². The van der Waals surface area contributed by atoms with Gasteiger partial charge >= 0.3 is 0 Å². The summed E-state index contributed by atoms with van der Waals surface area (Å²) in [5.41, 5.74) is 3.26. The van der Waals surface area contributed by atoms with Gasteiger partial charge in [0, 0.05) is 18.3 Å². The Labute approximate surface area is 184 Å². The number of nitrogens with zero attached hydrogens (tertiary/aromatic N) is 5. The highest BCUT2D eigenvalue weighted by atomic mass is 16.5. The third-order valence-electron chi connectivity index (χ3n) is 5.54. The number of hydrogen-bond acceptors (Lipinski definition) is 7. The Balaban J connectivity index is 1.43. The second kappa shape index (κ2) is 7.97. The maximum Gasteiger partial charge on any atom is 0.274 e. The Morgan fingerprint density at radius 3 is 2.91 bits per heavy atom. The van der Waals surface area contributed by atoms with E-state index in [2.05, 4.69) is 20.4 Å². The molecule has 1 aromatic carbocycles. The first kappa shape index (κ1) is 20.0. The van der Waals surface area contributed by atoms with Gasteiger partial charge in [-0.05, 0) is 44.0 Å². The number of nitrogens with one attached hydrogen (secondary N) is 1. The number of para-hydroxylation sites is 1.